The van der Waals surface area contributed by atoms with Crippen LogP contribution in [0.2, 0.25) is 0 Å². The second-order valence-electron chi connectivity index (χ2n) is 3.99. The number of halogens is 1. The number of thiocarbonyl (C=S) groups is 1. The van der Waals surface area contributed by atoms with Gasteiger partial charge in [-0.2, -0.15) is 0 Å². The van der Waals surface area contributed by atoms with Crippen LogP contribution < -0.4 is 14.8 Å². The molecule has 0 amide bonds. The number of alkyl halides is 1. The Bertz CT molecular complexity index is 499. The van der Waals surface area contributed by atoms with Crippen LogP contribution >= 0.6 is 12.2 Å². The number of hydrogen-bond donors (Lipinski definition) is 1. The molecule has 1 aromatic carbocycles. The average Bonchev–Trinajstić information content (AvgIpc) is 2.45. The summed E-state index contributed by atoms with van der Waals surface area (Å²) in [6.07, 6.45) is 4.13. The highest BCUT2D eigenvalue weighted by atomic mass is 32.1. The Balaban J connectivity index is 2.86. The van der Waals surface area contributed by atoms with Crippen molar-refractivity contribution < 1.29 is 13.9 Å². The van der Waals surface area contributed by atoms with Crippen LogP contribution in [0.4, 0.5) is 4.39 Å². The molecule has 0 saturated heterocycles. The highest BCUT2D eigenvalue weighted by Crippen LogP contribution is 2.29. The highest BCUT2D eigenvalue weighted by molar-refractivity contribution is 7.80. The van der Waals surface area contributed by atoms with Gasteiger partial charge in [-0.25, -0.2) is 4.39 Å². The molecule has 5 heteroatoms. The van der Waals surface area contributed by atoms with Crippen LogP contribution in [-0.4, -0.2) is 31.4 Å². The summed E-state index contributed by atoms with van der Waals surface area (Å²) in [6, 6.07) is 5.26. The van der Waals surface area contributed by atoms with Crippen LogP contribution in [0.5, 0.6) is 11.5 Å². The van der Waals surface area contributed by atoms with E-state index in [-0.39, 0.29) is 18.0 Å². The van der Waals surface area contributed by atoms with Gasteiger partial charge >= 0.3 is 0 Å². The Morgan fingerprint density at radius 2 is 2.20 bits per heavy atom. The van der Waals surface area contributed by atoms with Gasteiger partial charge in [-0.1, -0.05) is 24.2 Å². The largest absolute Gasteiger partial charge is 0.490 e. The average molecular weight is 295 g/mol. The summed E-state index contributed by atoms with van der Waals surface area (Å²) in [5.74, 6) is 3.51. The third-order valence-electron chi connectivity index (χ3n) is 2.56. The predicted molar refractivity (Wildman–Crippen MR) is 82.2 cm³/mol. The Hall–Kier alpha value is -1.80. The van der Waals surface area contributed by atoms with Crippen LogP contribution in [0, 0.1) is 12.3 Å². The van der Waals surface area contributed by atoms with Crippen LogP contribution in [0.1, 0.15) is 12.5 Å². The molecular weight excluding hydrogens is 277 g/mol. The topological polar surface area (TPSA) is 30.5 Å². The van der Waals surface area contributed by atoms with E-state index >= 15 is 0 Å². The molecule has 1 rings (SSSR count). The summed E-state index contributed by atoms with van der Waals surface area (Å²) < 4.78 is 24.7. The molecule has 0 aromatic heterocycles. The number of nitrogens with one attached hydrogen (secondary N) is 1. The molecule has 0 heterocycles. The Labute approximate surface area is 124 Å². The molecule has 0 saturated carbocycles. The minimum absolute atomic E-state index is 0.162. The van der Waals surface area contributed by atoms with E-state index in [1.807, 2.05) is 6.92 Å². The van der Waals surface area contributed by atoms with Crippen LogP contribution in [-0.2, 0) is 6.42 Å². The van der Waals surface area contributed by atoms with Gasteiger partial charge in [-0.3, -0.25) is 0 Å². The van der Waals surface area contributed by atoms with E-state index in [1.54, 1.807) is 25.2 Å². The van der Waals surface area contributed by atoms with Gasteiger partial charge in [0, 0.05) is 13.5 Å². The number of hydrogen-bond acceptors (Lipinski definition) is 3. The minimum Gasteiger partial charge on any atom is -0.490 e. The number of ether oxygens (including phenoxy) is 2. The maximum absolute atomic E-state index is 13.8. The van der Waals surface area contributed by atoms with Crippen LogP contribution in [0.15, 0.2) is 18.2 Å². The number of terminal acetylenes is 1. The van der Waals surface area contributed by atoms with Crippen molar-refractivity contribution in [3.05, 3.63) is 23.8 Å². The lowest BCUT2D eigenvalue weighted by atomic mass is 10.1. The van der Waals surface area contributed by atoms with E-state index in [2.05, 4.69) is 11.2 Å². The van der Waals surface area contributed by atoms with Gasteiger partial charge in [0.2, 0.25) is 0 Å². The molecular formula is C15H18FNO2S. The maximum Gasteiger partial charge on any atom is 0.162 e. The van der Waals surface area contributed by atoms with E-state index < -0.39 is 6.17 Å². The van der Waals surface area contributed by atoms with Crippen molar-refractivity contribution in [2.45, 2.75) is 19.5 Å². The fourth-order valence-corrected chi connectivity index (χ4v) is 1.73. The first kappa shape index (κ1) is 16.3. The smallest absolute Gasteiger partial charge is 0.162 e. The molecule has 0 bridgehead atoms. The van der Waals surface area contributed by atoms with Crippen molar-refractivity contribution in [3.8, 4) is 23.8 Å². The van der Waals surface area contributed by atoms with E-state index in [0.29, 0.717) is 18.1 Å². The molecule has 1 atom stereocenters. The molecule has 108 valence electrons. The highest BCUT2D eigenvalue weighted by Gasteiger charge is 2.14. The van der Waals surface area contributed by atoms with Gasteiger partial charge in [0.25, 0.3) is 0 Å². The summed E-state index contributed by atoms with van der Waals surface area (Å²) in [6.45, 7) is 2.52. The summed E-state index contributed by atoms with van der Waals surface area (Å²) in [5.41, 5.74) is 0.784. The fraction of sp³-hybridized carbons (Fsp3) is 0.400. The standard InChI is InChI=1S/C15H18FNO2S/c1-4-8-19-13-7-6-11(10-14(13)18-5-2)9-12(16)15(20)17-3/h1,6-7,10,12H,5,8-9H2,2-3H3,(H,17,20). The van der Waals surface area contributed by atoms with Crippen molar-refractivity contribution >= 4 is 17.2 Å². The number of rotatable bonds is 7. The lowest BCUT2D eigenvalue weighted by molar-refractivity contribution is 0.298. The first-order valence-corrected chi connectivity index (χ1v) is 6.70. The van der Waals surface area contributed by atoms with Crippen molar-refractivity contribution in [2.75, 3.05) is 20.3 Å². The van der Waals surface area contributed by atoms with Crippen LogP contribution in [0.3, 0.4) is 0 Å². The first-order valence-electron chi connectivity index (χ1n) is 6.30. The Morgan fingerprint density at radius 3 is 2.80 bits per heavy atom. The van der Waals surface area contributed by atoms with E-state index in [9.17, 15) is 4.39 Å². The molecule has 20 heavy (non-hydrogen) atoms. The summed E-state index contributed by atoms with van der Waals surface area (Å²) in [4.78, 5) is 0.190. The van der Waals surface area contributed by atoms with E-state index in [1.165, 1.54) is 0 Å². The van der Waals surface area contributed by atoms with Gasteiger partial charge in [-0.05, 0) is 24.6 Å². The molecule has 0 spiro atoms. The summed E-state index contributed by atoms with van der Waals surface area (Å²) in [5, 5.41) is 2.64. The van der Waals surface area contributed by atoms with Gasteiger partial charge < -0.3 is 14.8 Å². The second kappa shape index (κ2) is 8.39. The monoisotopic (exact) mass is 295 g/mol. The first-order chi connectivity index (χ1) is 9.62. The lowest BCUT2D eigenvalue weighted by Gasteiger charge is -2.14. The zero-order valence-electron chi connectivity index (χ0n) is 11.6. The SMILES string of the molecule is C#CCOc1ccc(CC(F)C(=S)NC)cc1OCC. The predicted octanol–water partition coefficient (Wildman–Crippen LogP) is 2.52. The van der Waals surface area contributed by atoms with E-state index in [4.69, 9.17) is 28.1 Å². The van der Waals surface area contributed by atoms with Crippen molar-refractivity contribution in [2.24, 2.45) is 0 Å². The van der Waals surface area contributed by atoms with Gasteiger partial charge in [0.05, 0.1) is 6.61 Å². The summed E-state index contributed by atoms with van der Waals surface area (Å²) >= 11 is 4.88. The molecule has 0 aliphatic carbocycles. The summed E-state index contributed by atoms with van der Waals surface area (Å²) in [7, 11) is 1.61. The zero-order chi connectivity index (χ0) is 15.0. The number of benzene rings is 1. The lowest BCUT2D eigenvalue weighted by Crippen LogP contribution is -2.28. The third-order valence-corrected chi connectivity index (χ3v) is 3.02. The fourth-order valence-electron chi connectivity index (χ4n) is 1.64. The normalized spacial score (nSPS) is 11.3. The Kier molecular flexibility index (Phi) is 6.82. The zero-order valence-corrected chi connectivity index (χ0v) is 12.4. The van der Waals surface area contributed by atoms with Crippen molar-refractivity contribution in [1.29, 1.82) is 0 Å². The molecule has 1 unspecified atom stereocenters. The Morgan fingerprint density at radius 1 is 1.45 bits per heavy atom. The maximum atomic E-state index is 13.8. The van der Waals surface area contributed by atoms with Gasteiger partial charge in [-0.15, -0.1) is 6.42 Å². The van der Waals surface area contributed by atoms with Gasteiger partial charge in [0.15, 0.2) is 17.7 Å². The molecule has 0 aliphatic heterocycles. The van der Waals surface area contributed by atoms with Crippen LogP contribution in [0.25, 0.3) is 0 Å². The molecule has 3 nitrogen and oxygen atoms in total. The molecule has 0 fully saturated rings. The van der Waals surface area contributed by atoms with Gasteiger partial charge in [0.1, 0.15) is 11.6 Å². The molecule has 1 aromatic rings. The van der Waals surface area contributed by atoms with Crippen molar-refractivity contribution in [3.63, 3.8) is 0 Å². The molecule has 0 aliphatic rings. The quantitative estimate of drug-likeness (QED) is 0.618. The molecule has 0 radical (unpaired) electrons. The van der Waals surface area contributed by atoms with E-state index in [0.717, 1.165) is 5.56 Å². The van der Waals surface area contributed by atoms with Crippen molar-refractivity contribution in [1.82, 2.24) is 5.32 Å². The third kappa shape index (κ3) is 4.71. The minimum atomic E-state index is -1.22. The molecule has 1 N–H and O–H groups in total. The second-order valence-corrected chi connectivity index (χ2v) is 4.43.